The minimum absolute atomic E-state index is 0.464. The lowest BCUT2D eigenvalue weighted by atomic mass is 10.4. The molecule has 0 saturated carbocycles. The molecule has 4 aromatic heterocycles. The van der Waals surface area contributed by atoms with Crippen LogP contribution in [0.1, 0.15) is 0 Å². The Morgan fingerprint density at radius 2 is 1.65 bits per heavy atom. The Labute approximate surface area is 157 Å². The third-order valence-corrected chi connectivity index (χ3v) is 4.57. The zero-order valence-electron chi connectivity index (χ0n) is 11.6. The fourth-order valence-corrected chi connectivity index (χ4v) is 3.82. The van der Waals surface area contributed by atoms with Crippen molar-refractivity contribution in [1.82, 2.24) is 29.9 Å². The second kappa shape index (κ2) is 6.72. The molecule has 0 unspecified atom stereocenters. The van der Waals surface area contributed by atoms with Crippen LogP contribution in [0, 0.1) is 0 Å². The molecule has 0 saturated heterocycles. The van der Waals surface area contributed by atoms with Gasteiger partial charge in [0.25, 0.3) is 0 Å². The van der Waals surface area contributed by atoms with Gasteiger partial charge >= 0.3 is 0 Å². The van der Waals surface area contributed by atoms with Crippen molar-refractivity contribution in [2.45, 2.75) is 0 Å². The normalized spacial score (nSPS) is 10.8. The Kier molecular flexibility index (Phi) is 4.86. The summed E-state index contributed by atoms with van der Waals surface area (Å²) in [6.07, 6.45) is 3.32. The van der Waals surface area contributed by atoms with Gasteiger partial charge in [-0.1, -0.05) is 23.2 Å². The molecule has 0 aromatic carbocycles. The van der Waals surface area contributed by atoms with Crippen LogP contribution in [0.3, 0.4) is 0 Å². The number of halogens is 4. The van der Waals surface area contributed by atoms with Crippen molar-refractivity contribution in [3.63, 3.8) is 0 Å². The molecule has 1 N–H and O–H groups in total. The molecular formula is C13H8Br2Cl2N6. The third-order valence-electron chi connectivity index (χ3n) is 2.95. The van der Waals surface area contributed by atoms with Crippen LogP contribution in [-0.4, -0.2) is 29.9 Å². The highest BCUT2D eigenvalue weighted by Crippen LogP contribution is 2.24. The van der Waals surface area contributed by atoms with Gasteiger partial charge in [-0.25, -0.2) is 9.97 Å². The molecule has 4 heterocycles. The highest BCUT2D eigenvalue weighted by atomic mass is 79.9. The Morgan fingerprint density at radius 3 is 2.39 bits per heavy atom. The fourth-order valence-electron chi connectivity index (χ4n) is 1.97. The third kappa shape index (κ3) is 3.50. The Hall–Kier alpha value is -1.22. The van der Waals surface area contributed by atoms with Gasteiger partial charge in [0.15, 0.2) is 0 Å². The van der Waals surface area contributed by atoms with Crippen molar-refractivity contribution in [2.24, 2.45) is 7.05 Å². The quantitative estimate of drug-likeness (QED) is 0.370. The van der Waals surface area contributed by atoms with Crippen LogP contribution in [0.4, 0.5) is 0 Å². The van der Waals surface area contributed by atoms with E-state index in [1.165, 1.54) is 0 Å². The van der Waals surface area contributed by atoms with E-state index in [9.17, 15) is 0 Å². The molecule has 0 aliphatic carbocycles. The fraction of sp³-hybridized carbons (Fsp3) is 0.0769. The average molecular weight is 479 g/mol. The molecule has 0 amide bonds. The Balaban J connectivity index is 0.000000136. The van der Waals surface area contributed by atoms with Crippen molar-refractivity contribution in [2.75, 3.05) is 0 Å². The minimum Gasteiger partial charge on any atom is -0.275 e. The number of fused-ring (bicyclic) bond motifs is 2. The number of aryl methyl sites for hydroxylation is 1. The van der Waals surface area contributed by atoms with E-state index in [1.54, 1.807) is 29.2 Å². The highest BCUT2D eigenvalue weighted by Gasteiger charge is 2.06. The smallest absolute Gasteiger partial charge is 0.131 e. The van der Waals surface area contributed by atoms with Crippen LogP contribution in [0.15, 0.2) is 33.5 Å². The lowest BCUT2D eigenvalue weighted by Gasteiger charge is -1.97. The van der Waals surface area contributed by atoms with Crippen molar-refractivity contribution in [3.05, 3.63) is 43.8 Å². The molecule has 0 aliphatic rings. The standard InChI is InChI=1S/C7H5BrClN3.C6H3BrClN3/c1-12-7-4(8)2-6(9)11-5(7)3-10-12;7-3-1-5(8)10-4-2-9-11-6(3)4/h2-3H,1H3;1-2H,(H,9,11). The molecule has 0 fully saturated rings. The van der Waals surface area contributed by atoms with Crippen LogP contribution < -0.4 is 0 Å². The molecular weight excluding hydrogens is 471 g/mol. The predicted octanol–water partition coefficient (Wildman–Crippen LogP) is 4.76. The molecule has 0 bridgehead atoms. The van der Waals surface area contributed by atoms with E-state index >= 15 is 0 Å². The number of nitrogens with zero attached hydrogens (tertiary/aromatic N) is 5. The maximum absolute atomic E-state index is 5.76. The number of aromatic amines is 1. The molecule has 4 rings (SSSR count). The number of aromatic nitrogens is 6. The average Bonchev–Trinajstić information content (AvgIpc) is 3.06. The molecule has 118 valence electrons. The Morgan fingerprint density at radius 1 is 1.00 bits per heavy atom. The van der Waals surface area contributed by atoms with Gasteiger partial charge in [-0.15, -0.1) is 0 Å². The summed E-state index contributed by atoms with van der Waals surface area (Å²) in [7, 11) is 1.86. The molecule has 0 aliphatic heterocycles. The molecule has 0 radical (unpaired) electrons. The maximum atomic E-state index is 5.76. The molecule has 23 heavy (non-hydrogen) atoms. The number of rotatable bonds is 0. The van der Waals surface area contributed by atoms with Crippen LogP contribution in [0.5, 0.6) is 0 Å². The van der Waals surface area contributed by atoms with E-state index in [-0.39, 0.29) is 0 Å². The summed E-state index contributed by atoms with van der Waals surface area (Å²) < 4.78 is 3.55. The van der Waals surface area contributed by atoms with Gasteiger partial charge in [-0.3, -0.25) is 9.78 Å². The molecule has 0 atom stereocenters. The first-order valence-electron chi connectivity index (χ1n) is 6.24. The summed E-state index contributed by atoms with van der Waals surface area (Å²) in [6.45, 7) is 0. The van der Waals surface area contributed by atoms with E-state index in [2.05, 4.69) is 57.1 Å². The van der Waals surface area contributed by atoms with Gasteiger partial charge in [0, 0.05) is 16.0 Å². The van der Waals surface area contributed by atoms with E-state index in [1.807, 2.05) is 7.05 Å². The molecule has 0 spiro atoms. The lowest BCUT2D eigenvalue weighted by Crippen LogP contribution is -1.90. The second-order valence-corrected chi connectivity index (χ2v) is 6.97. The summed E-state index contributed by atoms with van der Waals surface area (Å²) in [6, 6.07) is 3.48. The van der Waals surface area contributed by atoms with E-state index in [0.29, 0.717) is 10.3 Å². The number of hydrogen-bond acceptors (Lipinski definition) is 4. The SMILES string of the molecule is Clc1cc(Br)c2[nH]ncc2n1.Cn1ncc2nc(Cl)cc(Br)c21. The topological polar surface area (TPSA) is 72.3 Å². The minimum atomic E-state index is 0.464. The zero-order valence-corrected chi connectivity index (χ0v) is 16.2. The summed E-state index contributed by atoms with van der Waals surface area (Å²) >= 11 is 18.2. The van der Waals surface area contributed by atoms with Crippen LogP contribution >= 0.6 is 55.1 Å². The number of H-pyrrole nitrogens is 1. The van der Waals surface area contributed by atoms with Crippen LogP contribution in [-0.2, 0) is 7.05 Å². The van der Waals surface area contributed by atoms with Gasteiger partial charge in [0.2, 0.25) is 0 Å². The van der Waals surface area contributed by atoms with Gasteiger partial charge in [-0.2, -0.15) is 10.2 Å². The molecule has 10 heteroatoms. The maximum Gasteiger partial charge on any atom is 0.131 e. The number of hydrogen-bond donors (Lipinski definition) is 1. The van der Waals surface area contributed by atoms with E-state index in [4.69, 9.17) is 23.2 Å². The summed E-state index contributed by atoms with van der Waals surface area (Å²) in [5, 5.41) is 11.6. The van der Waals surface area contributed by atoms with Crippen molar-refractivity contribution in [1.29, 1.82) is 0 Å². The molecule has 4 aromatic rings. The number of nitrogens with one attached hydrogen (secondary N) is 1. The summed E-state index contributed by atoms with van der Waals surface area (Å²) in [4.78, 5) is 8.15. The first-order valence-corrected chi connectivity index (χ1v) is 8.59. The predicted molar refractivity (Wildman–Crippen MR) is 97.8 cm³/mol. The van der Waals surface area contributed by atoms with E-state index < -0.39 is 0 Å². The van der Waals surface area contributed by atoms with Gasteiger partial charge < -0.3 is 0 Å². The zero-order chi connectivity index (χ0) is 16.6. The van der Waals surface area contributed by atoms with Crippen molar-refractivity contribution in [3.8, 4) is 0 Å². The Bertz CT molecular complexity index is 997. The summed E-state index contributed by atoms with van der Waals surface area (Å²) in [5.74, 6) is 0. The van der Waals surface area contributed by atoms with Gasteiger partial charge in [-0.05, 0) is 44.0 Å². The molecule has 6 nitrogen and oxygen atoms in total. The summed E-state index contributed by atoms with van der Waals surface area (Å²) in [5.41, 5.74) is 3.40. The number of pyridine rings is 2. The highest BCUT2D eigenvalue weighted by molar-refractivity contribution is 9.11. The van der Waals surface area contributed by atoms with Crippen molar-refractivity contribution >= 4 is 77.1 Å². The van der Waals surface area contributed by atoms with Gasteiger partial charge in [0.1, 0.15) is 26.9 Å². The van der Waals surface area contributed by atoms with Crippen molar-refractivity contribution < 1.29 is 0 Å². The van der Waals surface area contributed by atoms with Gasteiger partial charge in [0.05, 0.1) is 17.9 Å². The van der Waals surface area contributed by atoms with E-state index in [0.717, 1.165) is 31.0 Å². The first kappa shape index (κ1) is 16.6. The second-order valence-electron chi connectivity index (χ2n) is 4.49. The monoisotopic (exact) mass is 476 g/mol. The van der Waals surface area contributed by atoms with Crippen LogP contribution in [0.2, 0.25) is 10.3 Å². The lowest BCUT2D eigenvalue weighted by molar-refractivity contribution is 0.795. The van der Waals surface area contributed by atoms with Crippen LogP contribution in [0.25, 0.3) is 22.1 Å². The largest absolute Gasteiger partial charge is 0.275 e. The first-order chi connectivity index (χ1) is 11.0.